The summed E-state index contributed by atoms with van der Waals surface area (Å²) in [5.41, 5.74) is 1.95. The topological polar surface area (TPSA) is 46.2 Å². The lowest BCUT2D eigenvalue weighted by Crippen LogP contribution is -2.06. The number of aryl methyl sites for hydroxylation is 1. The third-order valence-electron chi connectivity index (χ3n) is 2.69. The number of carbonyl (C=O) groups is 2. The molecule has 0 bridgehead atoms. The summed E-state index contributed by atoms with van der Waals surface area (Å²) in [5.74, 6) is 0.435. The van der Waals surface area contributed by atoms with Gasteiger partial charge in [0.1, 0.15) is 5.78 Å². The van der Waals surface area contributed by atoms with Crippen molar-refractivity contribution in [1.29, 1.82) is 0 Å². The van der Waals surface area contributed by atoms with Gasteiger partial charge in [0.15, 0.2) is 0 Å². The Labute approximate surface area is 102 Å². The minimum absolute atomic E-state index is 0.123. The van der Waals surface area contributed by atoms with Crippen molar-refractivity contribution < 1.29 is 9.59 Å². The highest BCUT2D eigenvalue weighted by atomic mass is 16.1. The molecular formula is C14H19NO2. The average molecular weight is 233 g/mol. The van der Waals surface area contributed by atoms with Crippen LogP contribution in [0, 0.1) is 5.92 Å². The Morgan fingerprint density at radius 1 is 1.41 bits per heavy atom. The summed E-state index contributed by atoms with van der Waals surface area (Å²) in [6, 6.07) is 7.70. The van der Waals surface area contributed by atoms with Crippen molar-refractivity contribution in [2.75, 3.05) is 5.32 Å². The maximum absolute atomic E-state index is 11.4. The lowest BCUT2D eigenvalue weighted by molar-refractivity contribution is -0.122. The van der Waals surface area contributed by atoms with Gasteiger partial charge in [-0.25, -0.2) is 0 Å². The molecule has 0 radical (unpaired) electrons. The van der Waals surface area contributed by atoms with Gasteiger partial charge in [-0.15, -0.1) is 0 Å². The number of amides is 1. The number of carbonyl (C=O) groups excluding carboxylic acids is 2. The Balaban J connectivity index is 2.43. The lowest BCUT2D eigenvalue weighted by Gasteiger charge is -2.05. The smallest absolute Gasteiger partial charge is 0.211 e. The van der Waals surface area contributed by atoms with E-state index in [-0.39, 0.29) is 5.92 Å². The molecule has 1 aromatic rings. The summed E-state index contributed by atoms with van der Waals surface area (Å²) < 4.78 is 0. The number of nitrogens with one attached hydrogen (secondary N) is 1. The largest absolute Gasteiger partial charge is 0.329 e. The Bertz CT molecular complexity index is 386. The van der Waals surface area contributed by atoms with Gasteiger partial charge in [0.05, 0.1) is 0 Å². The van der Waals surface area contributed by atoms with E-state index < -0.39 is 0 Å². The molecule has 0 aliphatic rings. The molecule has 17 heavy (non-hydrogen) atoms. The van der Waals surface area contributed by atoms with Crippen LogP contribution in [0.5, 0.6) is 0 Å². The van der Waals surface area contributed by atoms with Gasteiger partial charge in [-0.3, -0.25) is 9.59 Å². The van der Waals surface area contributed by atoms with Gasteiger partial charge in [0, 0.05) is 18.0 Å². The Morgan fingerprint density at radius 3 is 2.82 bits per heavy atom. The third kappa shape index (κ3) is 4.81. The van der Waals surface area contributed by atoms with Crippen LogP contribution >= 0.6 is 0 Å². The monoisotopic (exact) mass is 233 g/mol. The van der Waals surface area contributed by atoms with Crippen molar-refractivity contribution in [1.82, 2.24) is 0 Å². The van der Waals surface area contributed by atoms with Crippen molar-refractivity contribution in [2.45, 2.75) is 33.1 Å². The van der Waals surface area contributed by atoms with Gasteiger partial charge in [-0.1, -0.05) is 26.0 Å². The molecule has 0 saturated carbocycles. The lowest BCUT2D eigenvalue weighted by atomic mass is 10.0. The number of benzene rings is 1. The van der Waals surface area contributed by atoms with E-state index in [1.165, 1.54) is 0 Å². The molecule has 1 aromatic carbocycles. The third-order valence-corrected chi connectivity index (χ3v) is 2.69. The summed E-state index contributed by atoms with van der Waals surface area (Å²) in [4.78, 5) is 21.8. The predicted molar refractivity (Wildman–Crippen MR) is 68.9 cm³/mol. The van der Waals surface area contributed by atoms with Gasteiger partial charge in [-0.05, 0) is 30.5 Å². The molecule has 0 heterocycles. The zero-order chi connectivity index (χ0) is 12.7. The number of anilines is 1. The van der Waals surface area contributed by atoms with Gasteiger partial charge in [-0.2, -0.15) is 0 Å². The normalized spacial score (nSPS) is 10.3. The summed E-state index contributed by atoms with van der Waals surface area (Å²) in [5, 5.41) is 2.62. The van der Waals surface area contributed by atoms with Crippen LogP contribution in [0.1, 0.15) is 32.3 Å². The summed E-state index contributed by atoms with van der Waals surface area (Å²) in [6.07, 6.45) is 3.03. The van der Waals surface area contributed by atoms with E-state index in [1.807, 2.05) is 38.1 Å². The first-order chi connectivity index (χ1) is 8.13. The molecule has 1 rings (SSSR count). The van der Waals surface area contributed by atoms with Crippen LogP contribution in [0.25, 0.3) is 0 Å². The number of hydrogen-bond donors (Lipinski definition) is 1. The highest BCUT2D eigenvalue weighted by Crippen LogP contribution is 2.13. The number of rotatable bonds is 7. The molecule has 1 amide bonds. The molecular weight excluding hydrogens is 214 g/mol. The van der Waals surface area contributed by atoms with Crippen LogP contribution in [0.3, 0.4) is 0 Å². The molecule has 0 fully saturated rings. The highest BCUT2D eigenvalue weighted by Gasteiger charge is 2.06. The fourth-order valence-corrected chi connectivity index (χ4v) is 1.64. The van der Waals surface area contributed by atoms with Crippen LogP contribution in [0.2, 0.25) is 0 Å². The van der Waals surface area contributed by atoms with Crippen molar-refractivity contribution in [3.63, 3.8) is 0 Å². The van der Waals surface area contributed by atoms with E-state index in [2.05, 4.69) is 5.32 Å². The molecule has 92 valence electrons. The second kappa shape index (κ2) is 6.84. The first kappa shape index (κ1) is 13.4. The minimum atomic E-state index is 0.123. The Kier molecular flexibility index (Phi) is 5.40. The van der Waals surface area contributed by atoms with Gasteiger partial charge >= 0.3 is 0 Å². The van der Waals surface area contributed by atoms with Crippen molar-refractivity contribution in [3.05, 3.63) is 29.8 Å². The van der Waals surface area contributed by atoms with Crippen LogP contribution in [-0.2, 0) is 16.0 Å². The van der Waals surface area contributed by atoms with Crippen molar-refractivity contribution in [3.8, 4) is 0 Å². The van der Waals surface area contributed by atoms with E-state index in [4.69, 9.17) is 0 Å². The fourth-order valence-electron chi connectivity index (χ4n) is 1.64. The number of hydrogen-bond acceptors (Lipinski definition) is 2. The van der Waals surface area contributed by atoms with Crippen LogP contribution < -0.4 is 5.32 Å². The van der Waals surface area contributed by atoms with Crippen molar-refractivity contribution >= 4 is 17.9 Å². The SMILES string of the molecule is CC(C)C(=O)CCCc1cccc(NC=O)c1. The molecule has 0 aliphatic carbocycles. The highest BCUT2D eigenvalue weighted by molar-refractivity contribution is 5.80. The molecule has 0 saturated heterocycles. The van der Waals surface area contributed by atoms with Crippen molar-refractivity contribution in [2.24, 2.45) is 5.92 Å². The molecule has 3 heteroatoms. The minimum Gasteiger partial charge on any atom is -0.329 e. The molecule has 0 unspecified atom stereocenters. The predicted octanol–water partition coefficient (Wildman–Crippen LogP) is 2.80. The molecule has 3 nitrogen and oxygen atoms in total. The van der Waals surface area contributed by atoms with Crippen LogP contribution in [0.15, 0.2) is 24.3 Å². The van der Waals surface area contributed by atoms with Crippen LogP contribution in [-0.4, -0.2) is 12.2 Å². The zero-order valence-corrected chi connectivity index (χ0v) is 10.4. The second-order valence-corrected chi connectivity index (χ2v) is 4.44. The summed E-state index contributed by atoms with van der Waals surface area (Å²) in [7, 11) is 0. The van der Waals surface area contributed by atoms with E-state index in [1.54, 1.807) is 0 Å². The molecule has 0 atom stereocenters. The summed E-state index contributed by atoms with van der Waals surface area (Å²) in [6.45, 7) is 3.86. The van der Waals surface area contributed by atoms with Crippen LogP contribution in [0.4, 0.5) is 5.69 Å². The molecule has 0 aliphatic heterocycles. The quantitative estimate of drug-likeness (QED) is 0.736. The average Bonchev–Trinajstić information content (AvgIpc) is 2.29. The van der Waals surface area contributed by atoms with E-state index in [0.29, 0.717) is 18.6 Å². The molecule has 0 spiro atoms. The van der Waals surface area contributed by atoms with E-state index in [0.717, 1.165) is 24.1 Å². The Morgan fingerprint density at radius 2 is 2.18 bits per heavy atom. The molecule has 1 N–H and O–H groups in total. The second-order valence-electron chi connectivity index (χ2n) is 4.44. The standard InChI is InChI=1S/C14H19NO2/c1-11(2)14(17)8-4-6-12-5-3-7-13(9-12)15-10-16/h3,5,7,9-11H,4,6,8H2,1-2H3,(H,15,16). The number of Topliss-reactive ketones (excluding diaryl/α,β-unsaturated/α-hetero) is 1. The first-order valence-corrected chi connectivity index (χ1v) is 5.95. The van der Waals surface area contributed by atoms with Gasteiger partial charge in [0.25, 0.3) is 0 Å². The van der Waals surface area contributed by atoms with Gasteiger partial charge < -0.3 is 5.32 Å². The maximum Gasteiger partial charge on any atom is 0.211 e. The first-order valence-electron chi connectivity index (χ1n) is 5.95. The van der Waals surface area contributed by atoms with E-state index >= 15 is 0 Å². The molecule has 0 aromatic heterocycles. The number of ketones is 1. The summed E-state index contributed by atoms with van der Waals surface area (Å²) >= 11 is 0. The fraction of sp³-hybridized carbons (Fsp3) is 0.429. The maximum atomic E-state index is 11.4. The van der Waals surface area contributed by atoms with Gasteiger partial charge in [0.2, 0.25) is 6.41 Å². The van der Waals surface area contributed by atoms with E-state index in [9.17, 15) is 9.59 Å². The zero-order valence-electron chi connectivity index (χ0n) is 10.4. The Hall–Kier alpha value is -1.64.